The molecule has 2 aromatic carbocycles. The second kappa shape index (κ2) is 11.2. The van der Waals surface area contributed by atoms with E-state index in [9.17, 15) is 4.79 Å². The minimum Gasteiger partial charge on any atom is -0.467 e. The van der Waals surface area contributed by atoms with E-state index in [1.165, 1.54) is 31.1 Å². The first-order valence-electron chi connectivity index (χ1n) is 9.88. The standard InChI is InChI=1S/C23H29NO3S/c1-26-22(25)18-27-17-16-24-14-12-21(13-15-24)28-23(19-8-4-2-5-9-19)20-10-6-3-7-11-20/h2-11,21,23H,12-18H2,1H3. The second-order valence-corrected chi connectivity index (χ2v) is 8.42. The van der Waals surface area contributed by atoms with Crippen molar-refractivity contribution < 1.29 is 14.3 Å². The average molecular weight is 400 g/mol. The summed E-state index contributed by atoms with van der Waals surface area (Å²) in [6.07, 6.45) is 2.36. The Morgan fingerprint density at radius 1 is 1.04 bits per heavy atom. The molecule has 1 aliphatic heterocycles. The number of rotatable bonds is 9. The maximum Gasteiger partial charge on any atom is 0.331 e. The lowest BCUT2D eigenvalue weighted by atomic mass is 10.0. The van der Waals surface area contributed by atoms with Gasteiger partial charge in [0.15, 0.2) is 0 Å². The summed E-state index contributed by atoms with van der Waals surface area (Å²) in [6.45, 7) is 3.64. The Bertz CT molecular complexity index is 663. The van der Waals surface area contributed by atoms with Gasteiger partial charge in [-0.25, -0.2) is 4.79 Å². The van der Waals surface area contributed by atoms with Gasteiger partial charge in [0.25, 0.3) is 0 Å². The molecule has 0 aliphatic carbocycles. The summed E-state index contributed by atoms with van der Waals surface area (Å²) < 4.78 is 9.96. The van der Waals surface area contributed by atoms with Crippen molar-refractivity contribution in [3.05, 3.63) is 71.8 Å². The van der Waals surface area contributed by atoms with E-state index >= 15 is 0 Å². The topological polar surface area (TPSA) is 38.8 Å². The summed E-state index contributed by atoms with van der Waals surface area (Å²) in [5.41, 5.74) is 2.75. The molecule has 0 unspecified atom stereocenters. The summed E-state index contributed by atoms with van der Waals surface area (Å²) >= 11 is 2.09. The van der Waals surface area contributed by atoms with Gasteiger partial charge in [0.1, 0.15) is 6.61 Å². The van der Waals surface area contributed by atoms with E-state index in [0.29, 0.717) is 17.1 Å². The van der Waals surface area contributed by atoms with Crippen molar-refractivity contribution >= 4 is 17.7 Å². The summed E-state index contributed by atoms with van der Waals surface area (Å²) in [4.78, 5) is 13.5. The van der Waals surface area contributed by atoms with Gasteiger partial charge in [-0.15, -0.1) is 11.8 Å². The Morgan fingerprint density at radius 3 is 2.14 bits per heavy atom. The molecule has 0 radical (unpaired) electrons. The number of ether oxygens (including phenoxy) is 2. The molecule has 3 rings (SSSR count). The normalized spacial score (nSPS) is 15.6. The van der Waals surface area contributed by atoms with E-state index in [-0.39, 0.29) is 12.6 Å². The highest BCUT2D eigenvalue weighted by Crippen LogP contribution is 2.41. The Hall–Kier alpha value is -1.82. The number of likely N-dealkylation sites (tertiary alicyclic amines) is 1. The average Bonchev–Trinajstić information content (AvgIpc) is 2.77. The van der Waals surface area contributed by atoms with Crippen molar-refractivity contribution in [3.8, 4) is 0 Å². The molecule has 0 aromatic heterocycles. The van der Waals surface area contributed by atoms with Gasteiger partial charge >= 0.3 is 5.97 Å². The third-order valence-electron chi connectivity index (χ3n) is 5.07. The number of esters is 1. The maximum atomic E-state index is 11.1. The van der Waals surface area contributed by atoms with Gasteiger partial charge in [0.2, 0.25) is 0 Å². The number of hydrogen-bond donors (Lipinski definition) is 0. The first-order valence-corrected chi connectivity index (χ1v) is 10.8. The Kier molecular flexibility index (Phi) is 8.40. The molecule has 0 N–H and O–H groups in total. The number of hydrogen-bond acceptors (Lipinski definition) is 5. The minimum absolute atomic E-state index is 0.0403. The van der Waals surface area contributed by atoms with E-state index in [4.69, 9.17) is 4.74 Å². The van der Waals surface area contributed by atoms with Crippen LogP contribution in [-0.4, -0.2) is 56.1 Å². The number of benzene rings is 2. The van der Waals surface area contributed by atoms with Crippen LogP contribution in [0.2, 0.25) is 0 Å². The Morgan fingerprint density at radius 2 is 1.61 bits per heavy atom. The fourth-order valence-corrected chi connectivity index (χ4v) is 4.97. The van der Waals surface area contributed by atoms with Crippen LogP contribution < -0.4 is 0 Å². The smallest absolute Gasteiger partial charge is 0.331 e. The summed E-state index contributed by atoms with van der Waals surface area (Å²) in [6, 6.07) is 21.6. The van der Waals surface area contributed by atoms with Gasteiger partial charge < -0.3 is 14.4 Å². The van der Waals surface area contributed by atoms with E-state index in [1.54, 1.807) is 0 Å². The lowest BCUT2D eigenvalue weighted by Crippen LogP contribution is -2.37. The van der Waals surface area contributed by atoms with Gasteiger partial charge in [-0.2, -0.15) is 0 Å². The molecule has 1 heterocycles. The molecule has 1 aliphatic rings. The van der Waals surface area contributed by atoms with Gasteiger partial charge in [0, 0.05) is 11.8 Å². The molecule has 150 valence electrons. The van der Waals surface area contributed by atoms with Crippen molar-refractivity contribution in [2.75, 3.05) is 40.0 Å². The quantitative estimate of drug-likeness (QED) is 0.468. The lowest BCUT2D eigenvalue weighted by Gasteiger charge is -2.33. The molecule has 0 atom stereocenters. The number of piperidine rings is 1. The molecule has 4 nitrogen and oxygen atoms in total. The number of methoxy groups -OCH3 is 1. The van der Waals surface area contributed by atoms with Crippen molar-refractivity contribution in [1.29, 1.82) is 0 Å². The fraction of sp³-hybridized carbons (Fsp3) is 0.435. The Balaban J connectivity index is 1.50. The second-order valence-electron chi connectivity index (χ2n) is 7.01. The van der Waals surface area contributed by atoms with Crippen molar-refractivity contribution in [1.82, 2.24) is 4.90 Å². The van der Waals surface area contributed by atoms with Crippen molar-refractivity contribution in [2.45, 2.75) is 23.3 Å². The SMILES string of the molecule is COC(=O)COCCN1CCC(SC(c2ccccc2)c2ccccc2)CC1. The summed E-state index contributed by atoms with van der Waals surface area (Å²) in [7, 11) is 1.38. The highest BCUT2D eigenvalue weighted by molar-refractivity contribution is 8.00. The third kappa shape index (κ3) is 6.36. The van der Waals surface area contributed by atoms with E-state index in [2.05, 4.69) is 82.1 Å². The van der Waals surface area contributed by atoms with Crippen LogP contribution in [0.3, 0.4) is 0 Å². The number of nitrogens with zero attached hydrogens (tertiary/aromatic N) is 1. The molecule has 1 fully saturated rings. The van der Waals surface area contributed by atoms with E-state index < -0.39 is 0 Å². The third-order valence-corrected chi connectivity index (χ3v) is 6.74. The van der Waals surface area contributed by atoms with Crippen LogP contribution in [0.1, 0.15) is 29.2 Å². The summed E-state index contributed by atoms with van der Waals surface area (Å²) in [5, 5.41) is 1.03. The van der Waals surface area contributed by atoms with Crippen LogP contribution in [0.4, 0.5) is 0 Å². The molecule has 5 heteroatoms. The first-order chi connectivity index (χ1) is 13.8. The zero-order valence-corrected chi connectivity index (χ0v) is 17.3. The molecular formula is C23H29NO3S. The van der Waals surface area contributed by atoms with E-state index in [1.807, 2.05) is 0 Å². The molecule has 0 saturated carbocycles. The zero-order valence-electron chi connectivity index (χ0n) is 16.5. The van der Waals surface area contributed by atoms with Crippen molar-refractivity contribution in [2.24, 2.45) is 0 Å². The molecule has 0 bridgehead atoms. The van der Waals surface area contributed by atoms with Crippen LogP contribution in [0.15, 0.2) is 60.7 Å². The predicted molar refractivity (Wildman–Crippen MR) is 115 cm³/mol. The highest BCUT2D eigenvalue weighted by atomic mass is 32.2. The van der Waals surface area contributed by atoms with Gasteiger partial charge in [-0.05, 0) is 37.1 Å². The molecular weight excluding hydrogens is 370 g/mol. The Labute approximate surface area is 172 Å². The molecule has 0 amide bonds. The van der Waals surface area contributed by atoms with Gasteiger partial charge in [-0.3, -0.25) is 0 Å². The lowest BCUT2D eigenvalue weighted by molar-refractivity contribution is -0.146. The molecule has 1 saturated heterocycles. The minimum atomic E-state index is -0.317. The zero-order chi connectivity index (χ0) is 19.6. The van der Waals surface area contributed by atoms with Crippen molar-refractivity contribution in [3.63, 3.8) is 0 Å². The van der Waals surface area contributed by atoms with E-state index in [0.717, 1.165) is 19.6 Å². The molecule has 28 heavy (non-hydrogen) atoms. The predicted octanol–water partition coefficient (Wildman–Crippen LogP) is 4.16. The fourth-order valence-electron chi connectivity index (χ4n) is 3.47. The first kappa shape index (κ1) is 20.9. The van der Waals surface area contributed by atoms with Crippen LogP contribution >= 0.6 is 11.8 Å². The van der Waals surface area contributed by atoms with Crippen LogP contribution in [0.5, 0.6) is 0 Å². The highest BCUT2D eigenvalue weighted by Gasteiger charge is 2.24. The maximum absolute atomic E-state index is 11.1. The van der Waals surface area contributed by atoms with Crippen LogP contribution in [0, 0.1) is 0 Å². The summed E-state index contributed by atoms with van der Waals surface area (Å²) in [5.74, 6) is -0.317. The number of carbonyl (C=O) groups is 1. The van der Waals surface area contributed by atoms with Gasteiger partial charge in [0.05, 0.1) is 19.0 Å². The monoisotopic (exact) mass is 399 g/mol. The van der Waals surface area contributed by atoms with Crippen LogP contribution in [-0.2, 0) is 14.3 Å². The molecule has 0 spiro atoms. The van der Waals surface area contributed by atoms with Crippen LogP contribution in [0.25, 0.3) is 0 Å². The molecule has 2 aromatic rings. The number of carbonyl (C=O) groups excluding carboxylic acids is 1. The largest absolute Gasteiger partial charge is 0.467 e. The van der Waals surface area contributed by atoms with Gasteiger partial charge in [-0.1, -0.05) is 60.7 Å². The number of thioether (sulfide) groups is 1.